The second-order valence-electron chi connectivity index (χ2n) is 3.71. The molecule has 0 saturated carbocycles. The average Bonchev–Trinajstić information content (AvgIpc) is 2.22. The van der Waals surface area contributed by atoms with E-state index in [0.717, 1.165) is 31.7 Å². The molecule has 1 aromatic rings. The number of methoxy groups -OCH3 is 1. The molecule has 0 bridgehead atoms. The van der Waals surface area contributed by atoms with Gasteiger partial charge in [-0.15, -0.1) is 0 Å². The van der Waals surface area contributed by atoms with Gasteiger partial charge >= 0.3 is 0 Å². The lowest BCUT2D eigenvalue weighted by molar-refractivity contribution is 0.178. The van der Waals surface area contributed by atoms with Crippen molar-refractivity contribution in [3.63, 3.8) is 0 Å². The molecule has 84 valence electrons. The van der Waals surface area contributed by atoms with Gasteiger partial charge in [-0.25, -0.2) is 4.39 Å². The van der Waals surface area contributed by atoms with E-state index in [4.69, 9.17) is 4.74 Å². The minimum Gasteiger partial charge on any atom is -0.385 e. The Morgan fingerprint density at radius 1 is 1.27 bits per heavy atom. The average molecular weight is 211 g/mol. The van der Waals surface area contributed by atoms with Crippen molar-refractivity contribution in [1.29, 1.82) is 0 Å². The van der Waals surface area contributed by atoms with E-state index in [-0.39, 0.29) is 5.82 Å². The van der Waals surface area contributed by atoms with Crippen LogP contribution in [0, 0.1) is 5.82 Å². The van der Waals surface area contributed by atoms with Crippen molar-refractivity contribution in [2.24, 2.45) is 0 Å². The molecule has 0 aromatic heterocycles. The molecule has 0 aliphatic rings. The number of halogens is 1. The van der Waals surface area contributed by atoms with Crippen LogP contribution in [0.3, 0.4) is 0 Å². The highest BCUT2D eigenvalue weighted by molar-refractivity contribution is 5.15. The fraction of sp³-hybridized carbons (Fsp3) is 0.500. The predicted octanol–water partition coefficient (Wildman–Crippen LogP) is 2.29. The van der Waals surface area contributed by atoms with E-state index in [9.17, 15) is 4.39 Å². The molecule has 3 heteroatoms. The first-order valence-electron chi connectivity index (χ1n) is 5.14. The highest BCUT2D eigenvalue weighted by Crippen LogP contribution is 2.05. The summed E-state index contributed by atoms with van der Waals surface area (Å²) in [6.07, 6.45) is 1.02. The summed E-state index contributed by atoms with van der Waals surface area (Å²) in [4.78, 5) is 2.20. The fourth-order valence-corrected chi connectivity index (χ4v) is 1.46. The SMILES string of the molecule is COCCCN(C)Cc1ccc(F)cc1. The van der Waals surface area contributed by atoms with Crippen LogP contribution in [-0.4, -0.2) is 32.2 Å². The van der Waals surface area contributed by atoms with Crippen molar-refractivity contribution in [1.82, 2.24) is 4.90 Å². The Hall–Kier alpha value is -0.930. The Morgan fingerprint density at radius 2 is 1.93 bits per heavy atom. The first-order valence-corrected chi connectivity index (χ1v) is 5.14. The van der Waals surface area contributed by atoms with E-state index in [1.165, 1.54) is 12.1 Å². The number of hydrogen-bond acceptors (Lipinski definition) is 2. The molecule has 0 aliphatic carbocycles. The fourth-order valence-electron chi connectivity index (χ4n) is 1.46. The van der Waals surface area contributed by atoms with E-state index in [1.54, 1.807) is 7.11 Å². The molecule has 0 N–H and O–H groups in total. The van der Waals surface area contributed by atoms with Gasteiger partial charge in [0.1, 0.15) is 5.82 Å². The number of rotatable bonds is 6. The second kappa shape index (κ2) is 6.53. The van der Waals surface area contributed by atoms with Crippen LogP contribution in [0.2, 0.25) is 0 Å². The van der Waals surface area contributed by atoms with Crippen LogP contribution in [0.15, 0.2) is 24.3 Å². The van der Waals surface area contributed by atoms with Gasteiger partial charge in [0.15, 0.2) is 0 Å². The number of ether oxygens (including phenoxy) is 1. The maximum Gasteiger partial charge on any atom is 0.123 e. The molecule has 2 nitrogen and oxygen atoms in total. The summed E-state index contributed by atoms with van der Waals surface area (Å²) in [6, 6.07) is 6.64. The van der Waals surface area contributed by atoms with E-state index in [2.05, 4.69) is 11.9 Å². The van der Waals surface area contributed by atoms with Crippen molar-refractivity contribution < 1.29 is 9.13 Å². The Kier molecular flexibility index (Phi) is 5.29. The summed E-state index contributed by atoms with van der Waals surface area (Å²) < 4.78 is 17.6. The van der Waals surface area contributed by atoms with Crippen LogP contribution in [-0.2, 0) is 11.3 Å². The zero-order chi connectivity index (χ0) is 11.1. The van der Waals surface area contributed by atoms with Gasteiger partial charge in [0.05, 0.1) is 0 Å². The van der Waals surface area contributed by atoms with Gasteiger partial charge in [0, 0.05) is 26.8 Å². The molecule has 1 rings (SSSR count). The lowest BCUT2D eigenvalue weighted by atomic mass is 10.2. The van der Waals surface area contributed by atoms with Crippen LogP contribution in [0.25, 0.3) is 0 Å². The van der Waals surface area contributed by atoms with Gasteiger partial charge in [-0.3, -0.25) is 0 Å². The minimum atomic E-state index is -0.180. The van der Waals surface area contributed by atoms with Crippen LogP contribution in [0.4, 0.5) is 4.39 Å². The monoisotopic (exact) mass is 211 g/mol. The maximum absolute atomic E-state index is 12.6. The summed E-state index contributed by atoms with van der Waals surface area (Å²) in [6.45, 7) is 2.63. The molecule has 1 aromatic carbocycles. The van der Waals surface area contributed by atoms with E-state index < -0.39 is 0 Å². The third kappa shape index (κ3) is 4.91. The summed E-state index contributed by atoms with van der Waals surface area (Å²) in [5, 5.41) is 0. The van der Waals surface area contributed by atoms with Crippen molar-refractivity contribution in [3.05, 3.63) is 35.6 Å². The largest absolute Gasteiger partial charge is 0.385 e. The Morgan fingerprint density at radius 3 is 2.53 bits per heavy atom. The van der Waals surface area contributed by atoms with Gasteiger partial charge < -0.3 is 9.64 Å². The molecular weight excluding hydrogens is 193 g/mol. The topological polar surface area (TPSA) is 12.5 Å². The third-order valence-corrected chi connectivity index (χ3v) is 2.25. The normalized spacial score (nSPS) is 10.9. The van der Waals surface area contributed by atoms with Crippen LogP contribution >= 0.6 is 0 Å². The van der Waals surface area contributed by atoms with Gasteiger partial charge in [-0.1, -0.05) is 12.1 Å². The van der Waals surface area contributed by atoms with Crippen molar-refractivity contribution in [3.8, 4) is 0 Å². The standard InChI is InChI=1S/C12H18FNO/c1-14(8-3-9-15-2)10-11-4-6-12(13)7-5-11/h4-7H,3,8-10H2,1-2H3. The first-order chi connectivity index (χ1) is 7.22. The maximum atomic E-state index is 12.6. The van der Waals surface area contributed by atoms with Gasteiger partial charge in [0.2, 0.25) is 0 Å². The minimum absolute atomic E-state index is 0.180. The first kappa shape index (κ1) is 12.1. The van der Waals surface area contributed by atoms with Crippen LogP contribution in [0.1, 0.15) is 12.0 Å². The zero-order valence-electron chi connectivity index (χ0n) is 9.37. The van der Waals surface area contributed by atoms with Crippen LogP contribution < -0.4 is 0 Å². The molecule has 0 radical (unpaired) electrons. The Bertz CT molecular complexity index is 273. The van der Waals surface area contributed by atoms with Crippen LogP contribution in [0.5, 0.6) is 0 Å². The molecule has 0 unspecified atom stereocenters. The molecule has 0 fully saturated rings. The van der Waals surface area contributed by atoms with Gasteiger partial charge in [0.25, 0.3) is 0 Å². The highest BCUT2D eigenvalue weighted by atomic mass is 19.1. The highest BCUT2D eigenvalue weighted by Gasteiger charge is 2.00. The van der Waals surface area contributed by atoms with Gasteiger partial charge in [-0.05, 0) is 31.2 Å². The number of benzene rings is 1. The van der Waals surface area contributed by atoms with E-state index >= 15 is 0 Å². The Labute approximate surface area is 90.7 Å². The summed E-state index contributed by atoms with van der Waals surface area (Å²) in [7, 11) is 3.76. The zero-order valence-corrected chi connectivity index (χ0v) is 9.37. The summed E-state index contributed by atoms with van der Waals surface area (Å²) in [5.74, 6) is -0.180. The molecule has 15 heavy (non-hydrogen) atoms. The predicted molar refractivity (Wildman–Crippen MR) is 59.2 cm³/mol. The molecule has 0 aliphatic heterocycles. The number of hydrogen-bond donors (Lipinski definition) is 0. The molecule has 0 atom stereocenters. The molecule has 0 amide bonds. The molecule has 0 saturated heterocycles. The molecule has 0 spiro atoms. The van der Waals surface area contributed by atoms with E-state index in [0.29, 0.717) is 0 Å². The van der Waals surface area contributed by atoms with Gasteiger partial charge in [-0.2, -0.15) is 0 Å². The van der Waals surface area contributed by atoms with Crippen molar-refractivity contribution in [2.75, 3.05) is 27.3 Å². The Balaban J connectivity index is 2.31. The second-order valence-corrected chi connectivity index (χ2v) is 3.71. The molecular formula is C12H18FNO. The lowest BCUT2D eigenvalue weighted by Gasteiger charge is -2.16. The van der Waals surface area contributed by atoms with Crippen molar-refractivity contribution >= 4 is 0 Å². The third-order valence-electron chi connectivity index (χ3n) is 2.25. The molecule has 0 heterocycles. The van der Waals surface area contributed by atoms with Crippen molar-refractivity contribution in [2.45, 2.75) is 13.0 Å². The number of nitrogens with zero attached hydrogens (tertiary/aromatic N) is 1. The summed E-state index contributed by atoms with van der Waals surface area (Å²) >= 11 is 0. The summed E-state index contributed by atoms with van der Waals surface area (Å²) in [5.41, 5.74) is 1.14. The lowest BCUT2D eigenvalue weighted by Crippen LogP contribution is -2.20. The smallest absolute Gasteiger partial charge is 0.123 e. The van der Waals surface area contributed by atoms with E-state index in [1.807, 2.05) is 12.1 Å². The quantitative estimate of drug-likeness (QED) is 0.669.